The van der Waals surface area contributed by atoms with Crippen molar-refractivity contribution in [1.82, 2.24) is 0 Å². The summed E-state index contributed by atoms with van der Waals surface area (Å²) in [4.78, 5) is 29.6. The number of allylic oxidation sites excluding steroid dienone is 1. The van der Waals surface area contributed by atoms with Crippen LogP contribution in [0.1, 0.15) is 19.3 Å². The molecule has 0 aromatic rings. The van der Waals surface area contributed by atoms with Crippen molar-refractivity contribution >= 4 is 13.6 Å². The molecule has 0 saturated carbocycles. The molecule has 0 bridgehead atoms. The van der Waals surface area contributed by atoms with E-state index in [0.717, 1.165) is 0 Å². The summed E-state index contributed by atoms with van der Waals surface area (Å²) in [5.41, 5.74) is 0.464. The van der Waals surface area contributed by atoms with E-state index in [2.05, 4.69) is 0 Å². The van der Waals surface area contributed by atoms with E-state index in [9.17, 15) is 19.4 Å². The van der Waals surface area contributed by atoms with E-state index >= 15 is 0 Å². The lowest BCUT2D eigenvalue weighted by molar-refractivity contribution is -0.310. The zero-order chi connectivity index (χ0) is 10.8. The molecule has 2 atom stereocenters. The Morgan fingerprint density at radius 3 is 2.86 bits per heavy atom. The highest BCUT2D eigenvalue weighted by molar-refractivity contribution is 7.50. The second-order valence-electron chi connectivity index (χ2n) is 3.44. The van der Waals surface area contributed by atoms with Crippen molar-refractivity contribution in [3.63, 3.8) is 0 Å². The molecule has 0 spiro atoms. The summed E-state index contributed by atoms with van der Waals surface area (Å²) >= 11 is 0. The smallest absolute Gasteiger partial charge is 0.136 e. The Bertz CT molecular complexity index is 303. The third-order valence-corrected chi connectivity index (χ3v) is 2.96. The number of carboxylic acids is 1. The predicted molar refractivity (Wildman–Crippen MR) is 45.1 cm³/mol. The van der Waals surface area contributed by atoms with Crippen LogP contribution in [0.4, 0.5) is 0 Å². The van der Waals surface area contributed by atoms with Crippen LogP contribution in [0.25, 0.3) is 0 Å². The van der Waals surface area contributed by atoms with Gasteiger partial charge in [0.25, 0.3) is 0 Å². The average molecular weight is 218 g/mol. The number of rotatable bonds is 3. The highest BCUT2D eigenvalue weighted by atomic mass is 31.2. The van der Waals surface area contributed by atoms with Crippen molar-refractivity contribution in [3.8, 4) is 0 Å². The van der Waals surface area contributed by atoms with Gasteiger partial charge in [0.2, 0.25) is 0 Å². The van der Waals surface area contributed by atoms with Crippen LogP contribution < -0.4 is 10.00 Å². The minimum atomic E-state index is -4.32. The molecule has 80 valence electrons. The van der Waals surface area contributed by atoms with E-state index in [4.69, 9.17) is 4.89 Å². The van der Waals surface area contributed by atoms with Gasteiger partial charge >= 0.3 is 0 Å². The van der Waals surface area contributed by atoms with Crippen LogP contribution in [0.15, 0.2) is 11.6 Å². The Kier molecular flexibility index (Phi) is 3.48. The van der Waals surface area contributed by atoms with Crippen molar-refractivity contribution in [2.24, 2.45) is 5.92 Å². The third-order valence-electron chi connectivity index (χ3n) is 2.16. The zero-order valence-corrected chi connectivity index (χ0v) is 8.40. The topological polar surface area (TPSA) is 100 Å². The van der Waals surface area contributed by atoms with Crippen LogP contribution >= 0.6 is 7.60 Å². The van der Waals surface area contributed by atoms with Crippen LogP contribution in [0.5, 0.6) is 0 Å². The van der Waals surface area contributed by atoms with E-state index < -0.39 is 25.6 Å². The lowest BCUT2D eigenvalue weighted by Gasteiger charge is -2.24. The fourth-order valence-corrected chi connectivity index (χ4v) is 2.35. The van der Waals surface area contributed by atoms with Crippen LogP contribution in [0.2, 0.25) is 0 Å². The van der Waals surface area contributed by atoms with Crippen molar-refractivity contribution in [1.29, 1.82) is 0 Å². The Morgan fingerprint density at radius 2 is 2.36 bits per heavy atom. The molecular weight excluding hydrogens is 207 g/mol. The van der Waals surface area contributed by atoms with E-state index in [0.29, 0.717) is 24.8 Å². The van der Waals surface area contributed by atoms with Gasteiger partial charge in [0, 0.05) is 18.0 Å². The molecule has 0 heterocycles. The zero-order valence-electron chi connectivity index (χ0n) is 7.51. The van der Waals surface area contributed by atoms with Gasteiger partial charge in [-0.3, -0.25) is 0 Å². The highest BCUT2D eigenvalue weighted by Crippen LogP contribution is 2.35. The molecule has 1 rings (SSSR count). The molecule has 0 amide bonds. The molecule has 0 radical (unpaired) electrons. The number of carbonyl (C=O) groups excluding carboxylic acids is 1. The molecule has 14 heavy (non-hydrogen) atoms. The number of carbonyl (C=O) groups is 1. The summed E-state index contributed by atoms with van der Waals surface area (Å²) in [6, 6.07) is 0. The molecule has 0 aromatic carbocycles. The number of aliphatic carboxylic acids is 1. The fraction of sp³-hybridized carbons (Fsp3) is 0.625. The largest absolute Gasteiger partial charge is 0.778 e. The van der Waals surface area contributed by atoms with Crippen LogP contribution in [-0.4, -0.2) is 17.0 Å². The molecule has 1 aliphatic rings. The van der Waals surface area contributed by atoms with Gasteiger partial charge in [0.15, 0.2) is 0 Å². The molecule has 0 aromatic heterocycles. The van der Waals surface area contributed by atoms with Crippen LogP contribution in [0, 0.1) is 5.92 Å². The van der Waals surface area contributed by atoms with Gasteiger partial charge in [-0.1, -0.05) is 11.6 Å². The standard InChI is InChI=1S/C8H13O5P/c9-8(10)7-3-1-2-6(4-7)5-14(11,12)13/h4,7H,1-3,5H2,(H,9,10)(H2,11,12,13)/p-2. The van der Waals surface area contributed by atoms with Crippen molar-refractivity contribution in [2.45, 2.75) is 19.3 Å². The minimum absolute atomic E-state index is 0.448. The first kappa shape index (κ1) is 11.4. The van der Waals surface area contributed by atoms with E-state index in [-0.39, 0.29) is 0 Å². The van der Waals surface area contributed by atoms with Gasteiger partial charge in [-0.25, -0.2) is 0 Å². The Balaban J connectivity index is 2.70. The van der Waals surface area contributed by atoms with E-state index in [1.807, 2.05) is 0 Å². The molecule has 1 N–H and O–H groups in total. The molecule has 0 fully saturated rings. The normalized spacial score (nSPS) is 26.4. The SMILES string of the molecule is O=C([O-])C1C=C(CP(=O)([O-])O)CCC1. The fourth-order valence-electron chi connectivity index (χ4n) is 1.57. The number of hydrogen-bond donors (Lipinski definition) is 1. The molecule has 1 aliphatic carbocycles. The van der Waals surface area contributed by atoms with Gasteiger partial charge in [0.1, 0.15) is 7.60 Å². The van der Waals surface area contributed by atoms with Crippen molar-refractivity contribution in [2.75, 3.05) is 6.16 Å². The molecule has 0 aliphatic heterocycles. The maximum absolute atomic E-state index is 10.6. The number of carboxylic acid groups (broad SMARTS) is 1. The third kappa shape index (κ3) is 3.62. The summed E-state index contributed by atoms with van der Waals surface area (Å²) in [6.45, 7) is 0. The molecular formula is C8H11O5P-2. The lowest BCUT2D eigenvalue weighted by atomic mass is 9.91. The summed E-state index contributed by atoms with van der Waals surface area (Å²) in [5, 5.41) is 10.5. The minimum Gasteiger partial charge on any atom is -0.778 e. The average Bonchev–Trinajstić information content (AvgIpc) is 2.01. The highest BCUT2D eigenvalue weighted by Gasteiger charge is 2.16. The molecule has 2 unspecified atom stereocenters. The summed E-state index contributed by atoms with van der Waals surface area (Å²) < 4.78 is 10.6. The van der Waals surface area contributed by atoms with E-state index in [1.165, 1.54) is 6.08 Å². The lowest BCUT2D eigenvalue weighted by Crippen LogP contribution is -2.31. The molecule has 0 saturated heterocycles. The first-order chi connectivity index (χ1) is 6.38. The molecule has 5 nitrogen and oxygen atoms in total. The Morgan fingerprint density at radius 1 is 1.71 bits per heavy atom. The summed E-state index contributed by atoms with van der Waals surface area (Å²) in [6.07, 6.45) is 2.54. The van der Waals surface area contributed by atoms with Gasteiger partial charge in [-0.05, 0) is 19.3 Å². The maximum Gasteiger partial charge on any atom is 0.136 e. The second kappa shape index (κ2) is 4.26. The molecule has 6 heteroatoms. The first-order valence-electron chi connectivity index (χ1n) is 4.32. The summed E-state index contributed by atoms with van der Waals surface area (Å²) in [5.74, 6) is -1.91. The number of hydrogen-bond acceptors (Lipinski definition) is 4. The van der Waals surface area contributed by atoms with Crippen molar-refractivity contribution < 1.29 is 24.3 Å². The Labute approximate surface area is 81.6 Å². The second-order valence-corrected chi connectivity index (χ2v) is 5.03. The maximum atomic E-state index is 10.6. The summed E-state index contributed by atoms with van der Waals surface area (Å²) in [7, 11) is -4.32. The van der Waals surface area contributed by atoms with Crippen LogP contribution in [-0.2, 0) is 9.36 Å². The van der Waals surface area contributed by atoms with Gasteiger partial charge < -0.3 is 24.3 Å². The van der Waals surface area contributed by atoms with Gasteiger partial charge in [-0.2, -0.15) is 0 Å². The van der Waals surface area contributed by atoms with E-state index in [1.54, 1.807) is 0 Å². The predicted octanol–water partition coefficient (Wildman–Crippen LogP) is -0.992. The first-order valence-corrected chi connectivity index (χ1v) is 6.08. The van der Waals surface area contributed by atoms with Gasteiger partial charge in [-0.15, -0.1) is 0 Å². The van der Waals surface area contributed by atoms with Gasteiger partial charge in [0.05, 0.1) is 0 Å². The van der Waals surface area contributed by atoms with Crippen LogP contribution in [0.3, 0.4) is 0 Å². The van der Waals surface area contributed by atoms with Crippen molar-refractivity contribution in [3.05, 3.63) is 11.6 Å². The monoisotopic (exact) mass is 218 g/mol. The quantitative estimate of drug-likeness (QED) is 0.484. The Hall–Kier alpha value is -0.640.